The van der Waals surface area contributed by atoms with Gasteiger partial charge in [0.15, 0.2) is 0 Å². The lowest BCUT2D eigenvalue weighted by Gasteiger charge is -2.12. The summed E-state index contributed by atoms with van der Waals surface area (Å²) in [7, 11) is 1.36. The molecule has 5 nitrogen and oxygen atoms in total. The molecule has 1 heterocycles. The van der Waals surface area contributed by atoms with Gasteiger partial charge in [-0.3, -0.25) is 0 Å². The largest absolute Gasteiger partial charge is 0.465 e. The number of nitrogens with one attached hydrogen (secondary N) is 1. The lowest BCUT2D eigenvalue weighted by Crippen LogP contribution is -2.24. The average Bonchev–Trinajstić information content (AvgIpc) is 2.42. The lowest BCUT2D eigenvalue weighted by molar-refractivity contribution is 0.487. The molecule has 0 aliphatic heterocycles. The van der Waals surface area contributed by atoms with Gasteiger partial charge in [-0.25, -0.2) is 12.7 Å². The van der Waals surface area contributed by atoms with Crippen molar-refractivity contribution >= 4 is 10.0 Å². The van der Waals surface area contributed by atoms with Crippen LogP contribution in [0.15, 0.2) is 9.31 Å². The standard InChI is InChI=1S/C10H18N2O3S/c1-7-9(6-11-3)10(8(2)15-7)16(13,14)12(4)5/h11H,6H2,1-5H3. The third-order valence-electron chi connectivity index (χ3n) is 2.42. The Balaban J connectivity index is 3.43. The molecule has 0 saturated carbocycles. The van der Waals surface area contributed by atoms with E-state index in [2.05, 4.69) is 5.32 Å². The molecule has 0 aliphatic rings. The molecule has 1 N–H and O–H groups in total. The first-order valence-electron chi connectivity index (χ1n) is 4.98. The van der Waals surface area contributed by atoms with E-state index in [4.69, 9.17) is 4.42 Å². The molecule has 0 atom stereocenters. The van der Waals surface area contributed by atoms with Gasteiger partial charge in [-0.15, -0.1) is 0 Å². The summed E-state index contributed by atoms with van der Waals surface area (Å²) in [6, 6.07) is 0. The molecular formula is C10H18N2O3S. The molecule has 0 spiro atoms. The molecule has 0 aromatic carbocycles. The molecule has 6 heteroatoms. The number of hydrogen-bond donors (Lipinski definition) is 1. The van der Waals surface area contributed by atoms with Crippen molar-refractivity contribution in [1.29, 1.82) is 0 Å². The second-order valence-electron chi connectivity index (χ2n) is 3.84. The molecule has 92 valence electrons. The predicted molar refractivity (Wildman–Crippen MR) is 61.8 cm³/mol. The number of nitrogens with zero attached hydrogens (tertiary/aromatic N) is 1. The van der Waals surface area contributed by atoms with Gasteiger partial charge in [0, 0.05) is 26.2 Å². The highest BCUT2D eigenvalue weighted by molar-refractivity contribution is 7.89. The van der Waals surface area contributed by atoms with Crippen molar-refractivity contribution in [2.24, 2.45) is 0 Å². The van der Waals surface area contributed by atoms with Crippen molar-refractivity contribution in [3.63, 3.8) is 0 Å². The maximum atomic E-state index is 12.1. The van der Waals surface area contributed by atoms with Crippen LogP contribution in [0.2, 0.25) is 0 Å². The Morgan fingerprint density at radius 1 is 1.25 bits per heavy atom. The van der Waals surface area contributed by atoms with Crippen molar-refractivity contribution in [3.05, 3.63) is 17.1 Å². The zero-order valence-electron chi connectivity index (χ0n) is 10.3. The van der Waals surface area contributed by atoms with Crippen LogP contribution in [0, 0.1) is 13.8 Å². The second kappa shape index (κ2) is 4.57. The van der Waals surface area contributed by atoms with Gasteiger partial charge < -0.3 is 9.73 Å². The highest BCUT2D eigenvalue weighted by Crippen LogP contribution is 2.28. The minimum absolute atomic E-state index is 0.282. The fourth-order valence-electron chi connectivity index (χ4n) is 1.61. The zero-order chi connectivity index (χ0) is 12.5. The van der Waals surface area contributed by atoms with E-state index in [1.165, 1.54) is 18.4 Å². The Hall–Kier alpha value is -0.850. The summed E-state index contributed by atoms with van der Waals surface area (Å²) < 4.78 is 30.8. The predicted octanol–water partition coefficient (Wildman–Crippen LogP) is 0.866. The molecule has 1 rings (SSSR count). The molecule has 16 heavy (non-hydrogen) atoms. The van der Waals surface area contributed by atoms with E-state index in [-0.39, 0.29) is 4.90 Å². The van der Waals surface area contributed by atoms with Crippen LogP contribution in [-0.4, -0.2) is 33.9 Å². The van der Waals surface area contributed by atoms with Gasteiger partial charge in [-0.05, 0) is 20.9 Å². The number of aryl methyl sites for hydroxylation is 2. The lowest BCUT2D eigenvalue weighted by atomic mass is 10.2. The summed E-state index contributed by atoms with van der Waals surface area (Å²) in [4.78, 5) is 0.282. The number of furan rings is 1. The third-order valence-corrected chi connectivity index (χ3v) is 4.43. The Kier molecular flexibility index (Phi) is 3.77. The number of hydrogen-bond acceptors (Lipinski definition) is 4. The highest BCUT2D eigenvalue weighted by Gasteiger charge is 2.28. The van der Waals surface area contributed by atoms with Gasteiger partial charge in [-0.1, -0.05) is 0 Å². The quantitative estimate of drug-likeness (QED) is 0.856. The first-order valence-corrected chi connectivity index (χ1v) is 6.42. The fraction of sp³-hybridized carbons (Fsp3) is 0.600. The van der Waals surface area contributed by atoms with E-state index in [1.54, 1.807) is 20.9 Å². The normalized spacial score (nSPS) is 12.4. The van der Waals surface area contributed by atoms with E-state index in [9.17, 15) is 8.42 Å². The molecular weight excluding hydrogens is 228 g/mol. The first-order chi connectivity index (χ1) is 7.32. The summed E-state index contributed by atoms with van der Waals surface area (Å²) in [6.07, 6.45) is 0. The van der Waals surface area contributed by atoms with Crippen LogP contribution in [0.5, 0.6) is 0 Å². The van der Waals surface area contributed by atoms with Gasteiger partial charge in [0.25, 0.3) is 0 Å². The van der Waals surface area contributed by atoms with E-state index < -0.39 is 10.0 Å². The van der Waals surface area contributed by atoms with Crippen LogP contribution in [0.4, 0.5) is 0 Å². The van der Waals surface area contributed by atoms with Crippen LogP contribution >= 0.6 is 0 Å². The average molecular weight is 246 g/mol. The summed E-state index contributed by atoms with van der Waals surface area (Å²) >= 11 is 0. The van der Waals surface area contributed by atoms with E-state index >= 15 is 0 Å². The summed E-state index contributed by atoms with van der Waals surface area (Å²) in [5.74, 6) is 1.09. The Morgan fingerprint density at radius 2 is 1.81 bits per heavy atom. The molecule has 0 amide bonds. The van der Waals surface area contributed by atoms with Gasteiger partial charge in [0.1, 0.15) is 16.4 Å². The minimum atomic E-state index is -3.44. The smallest absolute Gasteiger partial charge is 0.246 e. The molecule has 0 bridgehead atoms. The van der Waals surface area contributed by atoms with Gasteiger partial charge >= 0.3 is 0 Å². The second-order valence-corrected chi connectivity index (χ2v) is 5.93. The summed E-state index contributed by atoms with van der Waals surface area (Å²) in [6.45, 7) is 3.92. The maximum Gasteiger partial charge on any atom is 0.246 e. The third kappa shape index (κ3) is 2.14. The van der Waals surface area contributed by atoms with Crippen molar-refractivity contribution in [3.8, 4) is 0 Å². The fourth-order valence-corrected chi connectivity index (χ4v) is 2.91. The van der Waals surface area contributed by atoms with Crippen molar-refractivity contribution in [2.45, 2.75) is 25.3 Å². The topological polar surface area (TPSA) is 62.6 Å². The molecule has 0 radical (unpaired) electrons. The monoisotopic (exact) mass is 246 g/mol. The molecule has 0 fully saturated rings. The minimum Gasteiger partial charge on any atom is -0.465 e. The van der Waals surface area contributed by atoms with Crippen LogP contribution in [-0.2, 0) is 16.6 Å². The van der Waals surface area contributed by atoms with Crippen molar-refractivity contribution in [1.82, 2.24) is 9.62 Å². The summed E-state index contributed by atoms with van der Waals surface area (Å²) in [5.41, 5.74) is 0.703. The van der Waals surface area contributed by atoms with Crippen LogP contribution in [0.25, 0.3) is 0 Å². The maximum absolute atomic E-state index is 12.1. The summed E-state index contributed by atoms with van der Waals surface area (Å²) in [5, 5.41) is 2.95. The van der Waals surface area contributed by atoms with Crippen LogP contribution in [0.1, 0.15) is 17.1 Å². The first kappa shape index (κ1) is 13.2. The van der Waals surface area contributed by atoms with Crippen LogP contribution in [0.3, 0.4) is 0 Å². The van der Waals surface area contributed by atoms with E-state index in [0.29, 0.717) is 23.6 Å². The van der Waals surface area contributed by atoms with E-state index in [1.807, 2.05) is 0 Å². The molecule has 1 aromatic heterocycles. The molecule has 0 unspecified atom stereocenters. The van der Waals surface area contributed by atoms with Crippen molar-refractivity contribution < 1.29 is 12.8 Å². The molecule has 1 aromatic rings. The van der Waals surface area contributed by atoms with Crippen LogP contribution < -0.4 is 5.32 Å². The van der Waals surface area contributed by atoms with Gasteiger partial charge in [0.2, 0.25) is 10.0 Å². The molecule has 0 aliphatic carbocycles. The number of sulfonamides is 1. The Labute approximate surface area is 96.5 Å². The Bertz CT molecular complexity index is 474. The highest BCUT2D eigenvalue weighted by atomic mass is 32.2. The van der Waals surface area contributed by atoms with E-state index in [0.717, 1.165) is 0 Å². The molecule has 0 saturated heterocycles. The van der Waals surface area contributed by atoms with Gasteiger partial charge in [0.05, 0.1) is 0 Å². The SMILES string of the molecule is CNCc1c(C)oc(C)c1S(=O)(=O)N(C)C. The zero-order valence-corrected chi connectivity index (χ0v) is 11.1. The Morgan fingerprint density at radius 3 is 2.25 bits per heavy atom. The number of rotatable bonds is 4. The van der Waals surface area contributed by atoms with Gasteiger partial charge in [-0.2, -0.15) is 0 Å². The van der Waals surface area contributed by atoms with Crippen molar-refractivity contribution in [2.75, 3.05) is 21.1 Å².